The van der Waals surface area contributed by atoms with Crippen LogP contribution in [0.5, 0.6) is 0 Å². The first-order valence-electron chi connectivity index (χ1n) is 7.49. The molecule has 0 spiro atoms. The SMILES string of the molecule is CCc1ccc(CC(=O)CCC2CCCCO2)cc1. The molecule has 0 N–H and O–H groups in total. The molecule has 0 amide bonds. The summed E-state index contributed by atoms with van der Waals surface area (Å²) in [5.74, 6) is 0.332. The molecule has 0 saturated carbocycles. The summed E-state index contributed by atoms with van der Waals surface area (Å²) >= 11 is 0. The number of Topliss-reactive ketones (excluding diaryl/α,β-unsaturated/α-hetero) is 1. The van der Waals surface area contributed by atoms with Crippen LogP contribution in [0.25, 0.3) is 0 Å². The molecular weight excluding hydrogens is 236 g/mol. The summed E-state index contributed by atoms with van der Waals surface area (Å²) in [5, 5.41) is 0. The van der Waals surface area contributed by atoms with E-state index in [9.17, 15) is 4.79 Å². The quantitative estimate of drug-likeness (QED) is 0.779. The molecule has 1 heterocycles. The maximum Gasteiger partial charge on any atom is 0.137 e. The maximum absolute atomic E-state index is 12.0. The van der Waals surface area contributed by atoms with Gasteiger partial charge in [0.15, 0.2) is 0 Å². The lowest BCUT2D eigenvalue weighted by molar-refractivity contribution is -0.119. The second-order valence-corrected chi connectivity index (χ2v) is 5.41. The summed E-state index contributed by atoms with van der Waals surface area (Å²) in [5.41, 5.74) is 2.46. The van der Waals surface area contributed by atoms with E-state index in [0.29, 0.717) is 24.7 Å². The van der Waals surface area contributed by atoms with Crippen molar-refractivity contribution in [3.8, 4) is 0 Å². The molecule has 1 aliphatic heterocycles. The lowest BCUT2D eigenvalue weighted by Crippen LogP contribution is -2.20. The molecule has 19 heavy (non-hydrogen) atoms. The summed E-state index contributed by atoms with van der Waals surface area (Å²) in [6, 6.07) is 8.39. The molecule has 0 aliphatic carbocycles. The number of carbonyl (C=O) groups excluding carboxylic acids is 1. The third-order valence-corrected chi connectivity index (χ3v) is 3.85. The lowest BCUT2D eigenvalue weighted by atomic mass is 9.99. The van der Waals surface area contributed by atoms with E-state index < -0.39 is 0 Å². The van der Waals surface area contributed by atoms with Crippen molar-refractivity contribution in [3.05, 3.63) is 35.4 Å². The summed E-state index contributed by atoms with van der Waals surface area (Å²) in [6.45, 7) is 3.02. The molecule has 1 fully saturated rings. The van der Waals surface area contributed by atoms with Crippen molar-refractivity contribution in [2.45, 2.75) is 58.0 Å². The fraction of sp³-hybridized carbons (Fsp3) is 0.588. The van der Waals surface area contributed by atoms with Gasteiger partial charge in [0.25, 0.3) is 0 Å². The lowest BCUT2D eigenvalue weighted by Gasteiger charge is -2.22. The van der Waals surface area contributed by atoms with Crippen LogP contribution in [-0.4, -0.2) is 18.5 Å². The number of hydrogen-bond acceptors (Lipinski definition) is 2. The van der Waals surface area contributed by atoms with Gasteiger partial charge >= 0.3 is 0 Å². The molecule has 2 heteroatoms. The van der Waals surface area contributed by atoms with Crippen LogP contribution < -0.4 is 0 Å². The van der Waals surface area contributed by atoms with Crippen LogP contribution in [-0.2, 0) is 22.4 Å². The zero-order chi connectivity index (χ0) is 13.5. The van der Waals surface area contributed by atoms with Gasteiger partial charge in [-0.05, 0) is 43.2 Å². The molecule has 0 bridgehead atoms. The Bertz CT molecular complexity index is 388. The second kappa shape index (κ2) is 7.44. The standard InChI is InChI=1S/C17H24O2/c1-2-14-6-8-15(9-7-14)13-16(18)10-11-17-5-3-4-12-19-17/h6-9,17H,2-5,10-13H2,1H3. The number of hydrogen-bond donors (Lipinski definition) is 0. The van der Waals surface area contributed by atoms with Gasteiger partial charge in [0.2, 0.25) is 0 Å². The average molecular weight is 260 g/mol. The van der Waals surface area contributed by atoms with Gasteiger partial charge < -0.3 is 4.74 Å². The predicted molar refractivity (Wildman–Crippen MR) is 77.4 cm³/mol. The van der Waals surface area contributed by atoms with Crippen LogP contribution in [0.1, 0.15) is 50.2 Å². The number of aryl methyl sites for hydroxylation is 1. The molecule has 2 rings (SSSR count). The van der Waals surface area contributed by atoms with Gasteiger partial charge in [-0.25, -0.2) is 0 Å². The zero-order valence-corrected chi connectivity index (χ0v) is 11.9. The summed E-state index contributed by atoms with van der Waals surface area (Å²) < 4.78 is 5.66. The first kappa shape index (κ1) is 14.3. The van der Waals surface area contributed by atoms with Gasteiger partial charge in [0, 0.05) is 19.4 Å². The van der Waals surface area contributed by atoms with Gasteiger partial charge in [-0.3, -0.25) is 4.79 Å². The minimum atomic E-state index is 0.320. The topological polar surface area (TPSA) is 26.3 Å². The Hall–Kier alpha value is -1.15. The Morgan fingerprint density at radius 2 is 1.95 bits per heavy atom. The molecule has 104 valence electrons. The second-order valence-electron chi connectivity index (χ2n) is 5.41. The third-order valence-electron chi connectivity index (χ3n) is 3.85. The van der Waals surface area contributed by atoms with Gasteiger partial charge in [0.05, 0.1) is 6.10 Å². The van der Waals surface area contributed by atoms with Crippen molar-refractivity contribution in [2.24, 2.45) is 0 Å². The highest BCUT2D eigenvalue weighted by atomic mass is 16.5. The van der Waals surface area contributed by atoms with Crippen molar-refractivity contribution in [1.29, 1.82) is 0 Å². The minimum Gasteiger partial charge on any atom is -0.378 e. The molecular formula is C17H24O2. The fourth-order valence-electron chi connectivity index (χ4n) is 2.57. The Balaban J connectivity index is 1.73. The molecule has 2 nitrogen and oxygen atoms in total. The van der Waals surface area contributed by atoms with Gasteiger partial charge in [-0.2, -0.15) is 0 Å². The molecule has 1 aliphatic rings. The first-order chi connectivity index (χ1) is 9.28. The number of ketones is 1. The van der Waals surface area contributed by atoms with Crippen molar-refractivity contribution in [1.82, 2.24) is 0 Å². The maximum atomic E-state index is 12.0. The van der Waals surface area contributed by atoms with E-state index in [1.54, 1.807) is 0 Å². The Morgan fingerprint density at radius 1 is 1.21 bits per heavy atom. The Labute approximate surface area is 116 Å². The van der Waals surface area contributed by atoms with E-state index in [2.05, 4.69) is 31.2 Å². The van der Waals surface area contributed by atoms with Crippen LogP contribution in [0.2, 0.25) is 0 Å². The van der Waals surface area contributed by atoms with Crippen molar-refractivity contribution in [2.75, 3.05) is 6.61 Å². The molecule has 0 radical (unpaired) electrons. The highest BCUT2D eigenvalue weighted by Crippen LogP contribution is 2.17. The molecule has 1 atom stereocenters. The monoisotopic (exact) mass is 260 g/mol. The highest BCUT2D eigenvalue weighted by molar-refractivity contribution is 5.80. The van der Waals surface area contributed by atoms with Crippen molar-refractivity contribution < 1.29 is 9.53 Å². The Morgan fingerprint density at radius 3 is 2.58 bits per heavy atom. The minimum absolute atomic E-state index is 0.320. The number of carbonyl (C=O) groups is 1. The molecule has 1 saturated heterocycles. The molecule has 1 aromatic rings. The van der Waals surface area contributed by atoms with Gasteiger partial charge in [-0.15, -0.1) is 0 Å². The van der Waals surface area contributed by atoms with Gasteiger partial charge in [-0.1, -0.05) is 31.2 Å². The largest absolute Gasteiger partial charge is 0.378 e. The number of benzene rings is 1. The van der Waals surface area contributed by atoms with Crippen LogP contribution in [0.15, 0.2) is 24.3 Å². The van der Waals surface area contributed by atoms with Crippen molar-refractivity contribution >= 4 is 5.78 Å². The Kier molecular flexibility index (Phi) is 5.59. The number of ether oxygens (including phenoxy) is 1. The highest BCUT2D eigenvalue weighted by Gasteiger charge is 2.15. The summed E-state index contributed by atoms with van der Waals surface area (Å²) in [4.78, 5) is 12.0. The predicted octanol–water partition coefficient (Wildman–Crippen LogP) is 3.71. The first-order valence-corrected chi connectivity index (χ1v) is 7.49. The smallest absolute Gasteiger partial charge is 0.137 e. The molecule has 1 aromatic carbocycles. The van der Waals surface area contributed by atoms with Crippen LogP contribution >= 0.6 is 0 Å². The summed E-state index contributed by atoms with van der Waals surface area (Å²) in [6.07, 6.45) is 7.03. The number of rotatable bonds is 6. The van der Waals surface area contributed by atoms with E-state index >= 15 is 0 Å². The van der Waals surface area contributed by atoms with E-state index in [1.165, 1.54) is 18.4 Å². The zero-order valence-electron chi connectivity index (χ0n) is 11.9. The van der Waals surface area contributed by atoms with Crippen molar-refractivity contribution in [3.63, 3.8) is 0 Å². The third kappa shape index (κ3) is 4.79. The summed E-state index contributed by atoms with van der Waals surface area (Å²) in [7, 11) is 0. The van der Waals surface area contributed by atoms with E-state index in [4.69, 9.17) is 4.74 Å². The average Bonchev–Trinajstić information content (AvgIpc) is 2.47. The normalized spacial score (nSPS) is 19.3. The van der Waals surface area contributed by atoms with Crippen LogP contribution in [0.3, 0.4) is 0 Å². The molecule has 1 unspecified atom stereocenters. The van der Waals surface area contributed by atoms with E-state index in [1.807, 2.05) is 0 Å². The van der Waals surface area contributed by atoms with Crippen LogP contribution in [0.4, 0.5) is 0 Å². The fourth-order valence-corrected chi connectivity index (χ4v) is 2.57. The van der Waals surface area contributed by atoms with E-state index in [0.717, 1.165) is 31.4 Å². The van der Waals surface area contributed by atoms with Gasteiger partial charge in [0.1, 0.15) is 5.78 Å². The van der Waals surface area contributed by atoms with E-state index in [-0.39, 0.29) is 0 Å². The molecule has 0 aromatic heterocycles. The van der Waals surface area contributed by atoms with Crippen LogP contribution in [0, 0.1) is 0 Å².